The van der Waals surface area contributed by atoms with Gasteiger partial charge in [0.15, 0.2) is 0 Å². The Morgan fingerprint density at radius 3 is 3.09 bits per heavy atom. The highest BCUT2D eigenvalue weighted by atomic mass is 32.1. The topological polar surface area (TPSA) is 57.7 Å². The van der Waals surface area contributed by atoms with Crippen molar-refractivity contribution in [3.8, 4) is 0 Å². The summed E-state index contributed by atoms with van der Waals surface area (Å²) in [5, 5.41) is 4.00. The number of nitrogens with zero attached hydrogens (tertiary/aromatic N) is 3. The fourth-order valence-electron chi connectivity index (χ4n) is 2.74. The van der Waals surface area contributed by atoms with Crippen molar-refractivity contribution in [2.45, 2.75) is 45.8 Å². The van der Waals surface area contributed by atoms with Crippen LogP contribution in [0.25, 0.3) is 0 Å². The van der Waals surface area contributed by atoms with E-state index in [1.54, 1.807) is 16.2 Å². The van der Waals surface area contributed by atoms with Gasteiger partial charge in [-0.3, -0.25) is 4.90 Å². The summed E-state index contributed by atoms with van der Waals surface area (Å²) in [5.41, 5.74) is 0. The number of morpholine rings is 1. The molecular weight excluding hydrogens is 312 g/mol. The van der Waals surface area contributed by atoms with Crippen LogP contribution in [0.15, 0.2) is 6.20 Å². The molecular formula is C16H28N4O2S. The van der Waals surface area contributed by atoms with Crippen molar-refractivity contribution in [1.29, 1.82) is 0 Å². The van der Waals surface area contributed by atoms with Gasteiger partial charge in [-0.25, -0.2) is 9.78 Å². The summed E-state index contributed by atoms with van der Waals surface area (Å²) >= 11 is 1.67. The normalized spacial score (nSPS) is 20.3. The van der Waals surface area contributed by atoms with E-state index in [2.05, 4.69) is 36.0 Å². The lowest BCUT2D eigenvalue weighted by molar-refractivity contribution is -0.0177. The number of carbonyl (C=O) groups excluding carboxylic acids is 1. The maximum absolute atomic E-state index is 12.2. The molecule has 1 fully saturated rings. The lowest BCUT2D eigenvalue weighted by Crippen LogP contribution is -2.52. The lowest BCUT2D eigenvalue weighted by atomic mass is 10.2. The highest BCUT2D eigenvalue weighted by molar-refractivity contribution is 7.11. The lowest BCUT2D eigenvalue weighted by Gasteiger charge is -2.38. The van der Waals surface area contributed by atoms with Gasteiger partial charge in [0.05, 0.1) is 19.8 Å². The van der Waals surface area contributed by atoms with Crippen LogP contribution < -0.4 is 5.32 Å². The van der Waals surface area contributed by atoms with Gasteiger partial charge in [0.2, 0.25) is 0 Å². The summed E-state index contributed by atoms with van der Waals surface area (Å²) in [6.07, 6.45) is 2.89. The highest BCUT2D eigenvalue weighted by Crippen LogP contribution is 2.15. The number of nitrogens with one attached hydrogen (secondary N) is 1. The van der Waals surface area contributed by atoms with Gasteiger partial charge in [-0.2, -0.15) is 0 Å². The molecule has 2 unspecified atom stereocenters. The summed E-state index contributed by atoms with van der Waals surface area (Å²) in [4.78, 5) is 21.9. The predicted octanol–water partition coefficient (Wildman–Crippen LogP) is 1.96. The van der Waals surface area contributed by atoms with Crippen LogP contribution in [-0.2, 0) is 17.7 Å². The van der Waals surface area contributed by atoms with Crippen molar-refractivity contribution in [2.75, 3.05) is 33.4 Å². The fraction of sp³-hybridized carbons (Fsp3) is 0.750. The van der Waals surface area contributed by atoms with Gasteiger partial charge < -0.3 is 15.0 Å². The van der Waals surface area contributed by atoms with Crippen molar-refractivity contribution in [3.05, 3.63) is 16.1 Å². The smallest absolute Gasteiger partial charge is 0.317 e. The molecule has 2 heterocycles. The zero-order valence-corrected chi connectivity index (χ0v) is 15.4. The third kappa shape index (κ3) is 5.16. The Labute approximate surface area is 142 Å². The van der Waals surface area contributed by atoms with Crippen molar-refractivity contribution < 1.29 is 9.53 Å². The van der Waals surface area contributed by atoms with E-state index >= 15 is 0 Å². The van der Waals surface area contributed by atoms with Crippen molar-refractivity contribution in [2.24, 2.45) is 0 Å². The molecule has 2 atom stereocenters. The Bertz CT molecular complexity index is 508. The molecule has 2 amide bonds. The summed E-state index contributed by atoms with van der Waals surface area (Å²) in [5.74, 6) is 0. The second-order valence-corrected chi connectivity index (χ2v) is 7.33. The van der Waals surface area contributed by atoms with E-state index < -0.39 is 0 Å². The molecule has 1 N–H and O–H groups in total. The number of aromatic nitrogens is 1. The van der Waals surface area contributed by atoms with Crippen LogP contribution in [-0.4, -0.2) is 66.2 Å². The van der Waals surface area contributed by atoms with Crippen LogP contribution >= 0.6 is 11.3 Å². The number of carbonyl (C=O) groups is 1. The summed E-state index contributed by atoms with van der Waals surface area (Å²) in [6.45, 7) is 10.1. The van der Waals surface area contributed by atoms with E-state index in [0.717, 1.165) is 31.2 Å². The first-order chi connectivity index (χ1) is 11.0. The van der Waals surface area contributed by atoms with E-state index in [1.807, 2.05) is 13.2 Å². The summed E-state index contributed by atoms with van der Waals surface area (Å²) < 4.78 is 5.46. The Balaban J connectivity index is 1.76. The maximum Gasteiger partial charge on any atom is 0.317 e. The van der Waals surface area contributed by atoms with Crippen molar-refractivity contribution in [1.82, 2.24) is 20.1 Å². The third-order valence-electron chi connectivity index (χ3n) is 4.20. The molecule has 1 aromatic rings. The minimum atomic E-state index is -0.0500. The molecule has 1 aromatic heterocycles. The number of aryl methyl sites for hydroxylation is 1. The van der Waals surface area contributed by atoms with Crippen LogP contribution in [0.4, 0.5) is 4.79 Å². The minimum Gasteiger partial charge on any atom is -0.379 e. The van der Waals surface area contributed by atoms with E-state index in [9.17, 15) is 4.79 Å². The third-order valence-corrected chi connectivity index (χ3v) is 5.33. The van der Waals surface area contributed by atoms with Gasteiger partial charge in [-0.1, -0.05) is 6.92 Å². The molecule has 0 bridgehead atoms. The van der Waals surface area contributed by atoms with E-state index in [0.29, 0.717) is 25.2 Å². The van der Waals surface area contributed by atoms with Crippen molar-refractivity contribution in [3.63, 3.8) is 0 Å². The zero-order valence-electron chi connectivity index (χ0n) is 14.5. The Morgan fingerprint density at radius 1 is 1.65 bits per heavy atom. The van der Waals surface area contributed by atoms with Gasteiger partial charge in [0.1, 0.15) is 5.01 Å². The molecule has 1 aliphatic heterocycles. The number of ether oxygens (including phenoxy) is 1. The molecule has 0 saturated carbocycles. The van der Waals surface area contributed by atoms with Gasteiger partial charge >= 0.3 is 6.03 Å². The van der Waals surface area contributed by atoms with Crippen LogP contribution in [0.1, 0.15) is 30.7 Å². The molecule has 1 aliphatic rings. The number of thiazole rings is 1. The predicted molar refractivity (Wildman–Crippen MR) is 92.8 cm³/mol. The van der Waals surface area contributed by atoms with Gasteiger partial charge in [-0.15, -0.1) is 11.3 Å². The van der Waals surface area contributed by atoms with Gasteiger partial charge in [0.25, 0.3) is 0 Å². The zero-order chi connectivity index (χ0) is 16.8. The Hall–Kier alpha value is -1.18. The van der Waals surface area contributed by atoms with Crippen LogP contribution in [0, 0.1) is 0 Å². The summed E-state index contributed by atoms with van der Waals surface area (Å²) in [7, 11) is 1.81. The molecule has 0 spiro atoms. The molecule has 2 rings (SSSR count). The molecule has 7 heteroatoms. The molecule has 130 valence electrons. The van der Waals surface area contributed by atoms with Gasteiger partial charge in [-0.05, 0) is 20.3 Å². The Morgan fingerprint density at radius 2 is 2.43 bits per heavy atom. The molecule has 0 radical (unpaired) electrons. The monoisotopic (exact) mass is 340 g/mol. The SMILES string of the molecule is CCc1cnc(CN(C)C(=O)NCC(C)N2CCOCC2C)s1. The molecule has 1 saturated heterocycles. The molecule has 6 nitrogen and oxygen atoms in total. The minimum absolute atomic E-state index is 0.0500. The number of amides is 2. The van der Waals surface area contributed by atoms with E-state index in [-0.39, 0.29) is 6.03 Å². The number of urea groups is 1. The number of rotatable bonds is 6. The average molecular weight is 340 g/mol. The summed E-state index contributed by atoms with van der Waals surface area (Å²) in [6, 6.07) is 0.653. The highest BCUT2D eigenvalue weighted by Gasteiger charge is 2.24. The quantitative estimate of drug-likeness (QED) is 0.860. The van der Waals surface area contributed by atoms with Crippen molar-refractivity contribution >= 4 is 17.4 Å². The van der Waals surface area contributed by atoms with Crippen LogP contribution in [0.2, 0.25) is 0 Å². The Kier molecular flexibility index (Phi) is 6.80. The first-order valence-electron chi connectivity index (χ1n) is 8.27. The molecule has 0 aliphatic carbocycles. The van der Waals surface area contributed by atoms with E-state index in [4.69, 9.17) is 4.74 Å². The second-order valence-electron chi connectivity index (χ2n) is 6.13. The number of hydrogen-bond acceptors (Lipinski definition) is 5. The second kappa shape index (κ2) is 8.61. The average Bonchev–Trinajstić information content (AvgIpc) is 3.00. The van der Waals surface area contributed by atoms with Crippen LogP contribution in [0.5, 0.6) is 0 Å². The van der Waals surface area contributed by atoms with Crippen LogP contribution in [0.3, 0.4) is 0 Å². The van der Waals surface area contributed by atoms with E-state index in [1.165, 1.54) is 4.88 Å². The molecule has 23 heavy (non-hydrogen) atoms. The van der Waals surface area contributed by atoms with Gasteiger partial charge in [0, 0.05) is 43.3 Å². The first-order valence-corrected chi connectivity index (χ1v) is 9.09. The maximum atomic E-state index is 12.2. The number of hydrogen-bond donors (Lipinski definition) is 1. The largest absolute Gasteiger partial charge is 0.379 e. The fourth-order valence-corrected chi connectivity index (χ4v) is 3.66. The first kappa shape index (κ1) is 18.2. The standard InChI is InChI=1S/C16H28N4O2S/c1-5-14-9-17-15(23-14)10-19(4)16(21)18-8-12(2)20-6-7-22-11-13(20)3/h9,12-13H,5-8,10-11H2,1-4H3,(H,18,21). The molecule has 0 aromatic carbocycles.